The standard InChI is InChI=1S/C10H20N2O6S/c1-7(5-19(3,17)18)12-9(15)11-6-10(2,16)4-8(13)14/h7,16H,4-6H2,1-3H3,(H,13,14)(H2,11,12,15). The molecular weight excluding hydrogens is 276 g/mol. The highest BCUT2D eigenvalue weighted by atomic mass is 32.2. The maximum atomic E-state index is 11.4. The fourth-order valence-electron chi connectivity index (χ4n) is 1.43. The third kappa shape index (κ3) is 10.3. The van der Waals surface area contributed by atoms with Crippen LogP contribution in [0.1, 0.15) is 20.3 Å². The van der Waals surface area contributed by atoms with Crippen LogP contribution in [0.5, 0.6) is 0 Å². The summed E-state index contributed by atoms with van der Waals surface area (Å²) in [5.41, 5.74) is -1.57. The average Bonchev–Trinajstić information content (AvgIpc) is 2.09. The van der Waals surface area contributed by atoms with Crippen molar-refractivity contribution in [2.45, 2.75) is 31.9 Å². The van der Waals surface area contributed by atoms with Gasteiger partial charge in [0.05, 0.1) is 17.8 Å². The van der Waals surface area contributed by atoms with Gasteiger partial charge in [0.2, 0.25) is 0 Å². The van der Waals surface area contributed by atoms with E-state index in [9.17, 15) is 23.1 Å². The highest BCUT2D eigenvalue weighted by Gasteiger charge is 2.25. The van der Waals surface area contributed by atoms with Gasteiger partial charge in [-0.25, -0.2) is 13.2 Å². The second-order valence-corrected chi connectivity index (χ2v) is 7.07. The van der Waals surface area contributed by atoms with Gasteiger partial charge in [0.25, 0.3) is 0 Å². The maximum Gasteiger partial charge on any atom is 0.315 e. The molecule has 8 nitrogen and oxygen atoms in total. The van der Waals surface area contributed by atoms with Gasteiger partial charge in [0, 0.05) is 18.8 Å². The number of carboxylic acids is 1. The van der Waals surface area contributed by atoms with Crippen molar-refractivity contribution in [1.82, 2.24) is 10.6 Å². The van der Waals surface area contributed by atoms with Crippen LogP contribution in [-0.4, -0.2) is 60.8 Å². The number of carbonyl (C=O) groups excluding carboxylic acids is 1. The number of rotatable bonds is 7. The summed E-state index contributed by atoms with van der Waals surface area (Å²) in [6, 6.07) is -1.25. The Kier molecular flexibility index (Phi) is 6.23. The lowest BCUT2D eigenvalue weighted by Crippen LogP contribution is -2.49. The molecule has 0 radical (unpaired) electrons. The molecule has 0 bridgehead atoms. The van der Waals surface area contributed by atoms with Crippen LogP contribution >= 0.6 is 0 Å². The van der Waals surface area contributed by atoms with Crippen molar-refractivity contribution in [2.24, 2.45) is 0 Å². The third-order valence-corrected chi connectivity index (χ3v) is 3.20. The van der Waals surface area contributed by atoms with Crippen LogP contribution in [0.4, 0.5) is 4.79 Å². The van der Waals surface area contributed by atoms with Crippen molar-refractivity contribution >= 4 is 21.8 Å². The quantitative estimate of drug-likeness (QED) is 0.473. The van der Waals surface area contributed by atoms with Crippen molar-refractivity contribution in [3.8, 4) is 0 Å². The largest absolute Gasteiger partial charge is 0.481 e. The molecule has 0 rings (SSSR count). The summed E-state index contributed by atoms with van der Waals surface area (Å²) < 4.78 is 22.0. The van der Waals surface area contributed by atoms with Crippen LogP contribution in [0.25, 0.3) is 0 Å². The summed E-state index contributed by atoms with van der Waals surface area (Å²) in [6.45, 7) is 2.55. The van der Waals surface area contributed by atoms with Gasteiger partial charge in [0.1, 0.15) is 9.84 Å². The first-order valence-corrected chi connectivity index (χ1v) is 7.63. The number of carbonyl (C=O) groups is 2. The van der Waals surface area contributed by atoms with Gasteiger partial charge in [-0.15, -0.1) is 0 Å². The van der Waals surface area contributed by atoms with E-state index in [-0.39, 0.29) is 12.3 Å². The average molecular weight is 296 g/mol. The maximum absolute atomic E-state index is 11.4. The summed E-state index contributed by atoms with van der Waals surface area (Å²) >= 11 is 0. The topological polar surface area (TPSA) is 133 Å². The highest BCUT2D eigenvalue weighted by Crippen LogP contribution is 2.07. The molecule has 0 heterocycles. The Morgan fingerprint density at radius 1 is 1.37 bits per heavy atom. The number of urea groups is 1. The fourth-order valence-corrected chi connectivity index (χ4v) is 2.42. The summed E-state index contributed by atoms with van der Waals surface area (Å²) in [6.07, 6.45) is 0.549. The molecule has 2 atom stereocenters. The van der Waals surface area contributed by atoms with E-state index >= 15 is 0 Å². The van der Waals surface area contributed by atoms with Crippen molar-refractivity contribution < 1.29 is 28.2 Å². The molecule has 19 heavy (non-hydrogen) atoms. The Labute approximate surface area is 112 Å². The second kappa shape index (κ2) is 6.71. The predicted molar refractivity (Wildman–Crippen MR) is 68.6 cm³/mol. The Morgan fingerprint density at radius 3 is 2.32 bits per heavy atom. The molecule has 0 spiro atoms. The number of aliphatic hydroxyl groups is 1. The Morgan fingerprint density at radius 2 is 1.89 bits per heavy atom. The third-order valence-electron chi connectivity index (χ3n) is 2.09. The van der Waals surface area contributed by atoms with E-state index in [1.165, 1.54) is 13.8 Å². The van der Waals surface area contributed by atoms with E-state index in [4.69, 9.17) is 5.11 Å². The normalized spacial score (nSPS) is 16.2. The van der Waals surface area contributed by atoms with Crippen molar-refractivity contribution in [3.05, 3.63) is 0 Å². The van der Waals surface area contributed by atoms with Crippen molar-refractivity contribution in [2.75, 3.05) is 18.6 Å². The minimum absolute atomic E-state index is 0.202. The first-order valence-electron chi connectivity index (χ1n) is 5.57. The molecule has 0 aromatic rings. The minimum atomic E-state index is -3.20. The van der Waals surface area contributed by atoms with Gasteiger partial charge in [-0.2, -0.15) is 0 Å². The summed E-state index contributed by atoms with van der Waals surface area (Å²) in [7, 11) is -3.20. The lowest BCUT2D eigenvalue weighted by molar-refractivity contribution is -0.141. The molecule has 2 amide bonds. The number of nitrogens with one attached hydrogen (secondary N) is 2. The van der Waals surface area contributed by atoms with Gasteiger partial charge < -0.3 is 20.8 Å². The van der Waals surface area contributed by atoms with Crippen molar-refractivity contribution in [1.29, 1.82) is 0 Å². The second-order valence-electron chi connectivity index (χ2n) is 4.89. The zero-order valence-corrected chi connectivity index (χ0v) is 12.0. The SMILES string of the molecule is CC(CS(C)(=O)=O)NC(=O)NCC(C)(O)CC(=O)O. The highest BCUT2D eigenvalue weighted by molar-refractivity contribution is 7.90. The van der Waals surface area contributed by atoms with Crippen LogP contribution < -0.4 is 10.6 Å². The molecule has 9 heteroatoms. The van der Waals surface area contributed by atoms with Crippen LogP contribution in [-0.2, 0) is 14.6 Å². The Balaban J connectivity index is 4.16. The molecule has 4 N–H and O–H groups in total. The molecule has 0 aromatic carbocycles. The number of amides is 2. The lowest BCUT2D eigenvalue weighted by atomic mass is 10.0. The van der Waals surface area contributed by atoms with E-state index in [2.05, 4.69) is 10.6 Å². The molecule has 0 aliphatic carbocycles. The van der Waals surface area contributed by atoms with Gasteiger partial charge in [-0.05, 0) is 13.8 Å². The number of sulfone groups is 1. The molecule has 2 unspecified atom stereocenters. The number of hydrogen-bond acceptors (Lipinski definition) is 5. The number of carboxylic acid groups (broad SMARTS) is 1. The molecule has 0 aliphatic heterocycles. The first kappa shape index (κ1) is 17.6. The zero-order valence-electron chi connectivity index (χ0n) is 11.1. The smallest absolute Gasteiger partial charge is 0.315 e. The van der Waals surface area contributed by atoms with Crippen LogP contribution in [0.3, 0.4) is 0 Å². The lowest BCUT2D eigenvalue weighted by Gasteiger charge is -2.22. The van der Waals surface area contributed by atoms with Crippen LogP contribution in [0.15, 0.2) is 0 Å². The van der Waals surface area contributed by atoms with Crippen molar-refractivity contribution in [3.63, 3.8) is 0 Å². The van der Waals surface area contributed by atoms with E-state index in [0.29, 0.717) is 0 Å². The van der Waals surface area contributed by atoms with Crippen LogP contribution in [0.2, 0.25) is 0 Å². The molecule has 0 fully saturated rings. The Bertz CT molecular complexity index is 431. The van der Waals surface area contributed by atoms with Gasteiger partial charge >= 0.3 is 12.0 Å². The summed E-state index contributed by atoms with van der Waals surface area (Å²) in [4.78, 5) is 21.8. The molecule has 0 saturated carbocycles. The minimum Gasteiger partial charge on any atom is -0.481 e. The van der Waals surface area contributed by atoms with E-state index in [0.717, 1.165) is 6.26 Å². The molecule has 112 valence electrons. The zero-order chi connectivity index (χ0) is 15.3. The fraction of sp³-hybridized carbons (Fsp3) is 0.800. The monoisotopic (exact) mass is 296 g/mol. The van der Waals surface area contributed by atoms with Crippen LogP contribution in [0, 0.1) is 0 Å². The van der Waals surface area contributed by atoms with Gasteiger partial charge in [-0.1, -0.05) is 0 Å². The molecular formula is C10H20N2O6S. The number of hydrogen-bond donors (Lipinski definition) is 4. The summed E-state index contributed by atoms with van der Waals surface area (Å²) in [5, 5.41) is 22.8. The van der Waals surface area contributed by atoms with Gasteiger partial charge in [-0.3, -0.25) is 4.79 Å². The van der Waals surface area contributed by atoms with E-state index in [1.807, 2.05) is 0 Å². The molecule has 0 aromatic heterocycles. The van der Waals surface area contributed by atoms with Gasteiger partial charge in [0.15, 0.2) is 0 Å². The number of aliphatic carboxylic acids is 1. The summed E-state index contributed by atoms with van der Waals surface area (Å²) in [5.74, 6) is -1.39. The Hall–Kier alpha value is -1.35. The van der Waals surface area contributed by atoms with E-state index in [1.54, 1.807) is 0 Å². The van der Waals surface area contributed by atoms with E-state index < -0.39 is 39.9 Å². The molecule has 0 saturated heterocycles. The predicted octanol–water partition coefficient (Wildman–Crippen LogP) is -1.06. The molecule has 0 aliphatic rings. The first-order chi connectivity index (χ1) is 8.41.